The lowest BCUT2D eigenvalue weighted by atomic mass is 10.0. The maximum absolute atomic E-state index is 13.7. The van der Waals surface area contributed by atoms with Crippen LogP contribution in [0.5, 0.6) is 0 Å². The Hall–Kier alpha value is -0.680. The number of fused-ring (bicyclic) bond motifs is 1. The zero-order valence-electron chi connectivity index (χ0n) is 12.3. The summed E-state index contributed by atoms with van der Waals surface area (Å²) >= 11 is 5.79. The van der Waals surface area contributed by atoms with E-state index in [2.05, 4.69) is 9.80 Å². The smallest absolute Gasteiger partial charge is 0.142 e. The first-order valence-electron chi connectivity index (χ1n) is 7.82. The molecule has 2 N–H and O–H groups in total. The normalized spacial score (nSPS) is 25.6. The van der Waals surface area contributed by atoms with Crippen molar-refractivity contribution in [2.75, 3.05) is 32.7 Å². The number of hydrogen-bond acceptors (Lipinski definition) is 3. The average Bonchev–Trinajstić information content (AvgIpc) is 2.82. The summed E-state index contributed by atoms with van der Waals surface area (Å²) in [6, 6.07) is 5.79. The molecule has 0 radical (unpaired) electrons. The highest BCUT2D eigenvalue weighted by Gasteiger charge is 2.31. The van der Waals surface area contributed by atoms with Crippen LogP contribution in [0.2, 0.25) is 5.02 Å². The second-order valence-electron chi connectivity index (χ2n) is 6.11. The second-order valence-corrected chi connectivity index (χ2v) is 6.51. The van der Waals surface area contributed by atoms with Crippen LogP contribution < -0.4 is 5.73 Å². The fourth-order valence-corrected chi connectivity index (χ4v) is 3.85. The van der Waals surface area contributed by atoms with Crippen LogP contribution >= 0.6 is 11.6 Å². The van der Waals surface area contributed by atoms with Crippen molar-refractivity contribution in [2.45, 2.75) is 31.3 Å². The highest BCUT2D eigenvalue weighted by atomic mass is 35.5. The van der Waals surface area contributed by atoms with E-state index in [-0.39, 0.29) is 16.9 Å². The van der Waals surface area contributed by atoms with Gasteiger partial charge >= 0.3 is 0 Å². The number of hydrogen-bond donors (Lipinski definition) is 1. The van der Waals surface area contributed by atoms with Crippen LogP contribution in [0.4, 0.5) is 4.39 Å². The highest BCUT2D eigenvalue weighted by Crippen LogP contribution is 2.28. The molecule has 2 heterocycles. The molecule has 5 heteroatoms. The Morgan fingerprint density at radius 1 is 1.29 bits per heavy atom. The molecule has 2 fully saturated rings. The molecule has 0 spiro atoms. The third-order valence-electron chi connectivity index (χ3n) is 4.83. The van der Waals surface area contributed by atoms with E-state index in [4.69, 9.17) is 17.3 Å². The second kappa shape index (κ2) is 6.61. The van der Waals surface area contributed by atoms with E-state index in [1.54, 1.807) is 6.07 Å². The molecule has 2 aliphatic rings. The highest BCUT2D eigenvalue weighted by molar-refractivity contribution is 6.30. The first kappa shape index (κ1) is 15.2. The lowest BCUT2D eigenvalue weighted by Crippen LogP contribution is -2.40. The first-order valence-corrected chi connectivity index (χ1v) is 8.20. The van der Waals surface area contributed by atoms with Crippen LogP contribution in [0.1, 0.15) is 30.9 Å². The lowest BCUT2D eigenvalue weighted by Gasteiger charge is -2.32. The summed E-state index contributed by atoms with van der Waals surface area (Å²) in [5, 5.41) is 0.173. The van der Waals surface area contributed by atoms with Gasteiger partial charge in [-0.25, -0.2) is 4.39 Å². The summed E-state index contributed by atoms with van der Waals surface area (Å²) in [7, 11) is 0. The summed E-state index contributed by atoms with van der Waals surface area (Å²) < 4.78 is 13.7. The summed E-state index contributed by atoms with van der Waals surface area (Å²) in [5.74, 6) is -0.357. The van der Waals surface area contributed by atoms with Gasteiger partial charge in [0.15, 0.2) is 0 Å². The van der Waals surface area contributed by atoms with Gasteiger partial charge in [0, 0.05) is 31.7 Å². The maximum Gasteiger partial charge on any atom is 0.142 e. The minimum Gasteiger partial charge on any atom is -0.329 e. The zero-order chi connectivity index (χ0) is 14.8. The monoisotopic (exact) mass is 311 g/mol. The molecule has 116 valence electrons. The molecule has 2 atom stereocenters. The number of nitrogens with zero attached hydrogens (tertiary/aromatic N) is 2. The molecule has 3 rings (SSSR count). The Bertz CT molecular complexity index is 496. The van der Waals surface area contributed by atoms with Crippen LogP contribution in [0.25, 0.3) is 0 Å². The molecule has 0 bridgehead atoms. The molecule has 2 aliphatic heterocycles. The Balaban J connectivity index is 1.79. The summed E-state index contributed by atoms with van der Waals surface area (Å²) in [6.07, 6.45) is 3.72. The van der Waals surface area contributed by atoms with E-state index in [0.29, 0.717) is 12.6 Å². The van der Waals surface area contributed by atoms with Crippen molar-refractivity contribution >= 4 is 11.6 Å². The van der Waals surface area contributed by atoms with Gasteiger partial charge in [0.05, 0.1) is 5.02 Å². The van der Waals surface area contributed by atoms with Gasteiger partial charge in [-0.3, -0.25) is 9.80 Å². The van der Waals surface area contributed by atoms with Gasteiger partial charge in [-0.15, -0.1) is 0 Å². The molecule has 0 saturated carbocycles. The number of benzene rings is 1. The third-order valence-corrected chi connectivity index (χ3v) is 5.13. The maximum atomic E-state index is 13.7. The predicted molar refractivity (Wildman–Crippen MR) is 84.0 cm³/mol. The van der Waals surface area contributed by atoms with E-state index in [1.165, 1.54) is 32.0 Å². The van der Waals surface area contributed by atoms with Gasteiger partial charge in [-0.05, 0) is 50.0 Å². The predicted octanol–water partition coefficient (Wildman–Crippen LogP) is 2.65. The molecule has 1 aromatic carbocycles. The minimum absolute atomic E-state index is 0.0808. The van der Waals surface area contributed by atoms with E-state index in [9.17, 15) is 4.39 Å². The third kappa shape index (κ3) is 3.24. The molecule has 0 amide bonds. The van der Waals surface area contributed by atoms with Crippen molar-refractivity contribution in [3.8, 4) is 0 Å². The van der Waals surface area contributed by atoms with Crippen LogP contribution in [0, 0.1) is 5.82 Å². The molecular formula is C16H23ClFN3. The van der Waals surface area contributed by atoms with Crippen LogP contribution in [-0.2, 0) is 0 Å². The van der Waals surface area contributed by atoms with E-state index in [0.717, 1.165) is 25.1 Å². The molecule has 21 heavy (non-hydrogen) atoms. The number of nitrogens with two attached hydrogens (primary N) is 1. The molecule has 1 aromatic rings. The van der Waals surface area contributed by atoms with E-state index >= 15 is 0 Å². The Kier molecular flexibility index (Phi) is 4.79. The quantitative estimate of drug-likeness (QED) is 0.931. The van der Waals surface area contributed by atoms with E-state index in [1.807, 2.05) is 6.07 Å². The fraction of sp³-hybridized carbons (Fsp3) is 0.625. The Labute approximate surface area is 130 Å². The van der Waals surface area contributed by atoms with Gasteiger partial charge in [-0.2, -0.15) is 0 Å². The van der Waals surface area contributed by atoms with Gasteiger partial charge in [0.25, 0.3) is 0 Å². The largest absolute Gasteiger partial charge is 0.329 e. The van der Waals surface area contributed by atoms with Crippen molar-refractivity contribution in [2.24, 2.45) is 5.73 Å². The SMILES string of the molecule is NCC(c1ccc(Cl)c(F)c1)N1CCCN2CCCC2C1. The molecule has 3 nitrogen and oxygen atoms in total. The van der Waals surface area contributed by atoms with Gasteiger partial charge in [-0.1, -0.05) is 17.7 Å². The van der Waals surface area contributed by atoms with Crippen LogP contribution in [0.3, 0.4) is 0 Å². The zero-order valence-corrected chi connectivity index (χ0v) is 13.0. The number of rotatable bonds is 3. The van der Waals surface area contributed by atoms with Crippen molar-refractivity contribution < 1.29 is 4.39 Å². The Morgan fingerprint density at radius 3 is 2.86 bits per heavy atom. The minimum atomic E-state index is -0.357. The average molecular weight is 312 g/mol. The van der Waals surface area contributed by atoms with E-state index < -0.39 is 0 Å². The van der Waals surface area contributed by atoms with Gasteiger partial charge < -0.3 is 5.73 Å². The van der Waals surface area contributed by atoms with Crippen molar-refractivity contribution in [1.29, 1.82) is 0 Å². The number of halogens is 2. The molecular weight excluding hydrogens is 289 g/mol. The molecule has 0 aliphatic carbocycles. The Morgan fingerprint density at radius 2 is 2.10 bits per heavy atom. The van der Waals surface area contributed by atoms with Gasteiger partial charge in [0.2, 0.25) is 0 Å². The summed E-state index contributed by atoms with van der Waals surface area (Å²) in [6.45, 7) is 4.97. The molecule has 2 saturated heterocycles. The van der Waals surface area contributed by atoms with Gasteiger partial charge in [0.1, 0.15) is 5.82 Å². The van der Waals surface area contributed by atoms with Crippen LogP contribution in [0.15, 0.2) is 18.2 Å². The molecule has 0 aromatic heterocycles. The van der Waals surface area contributed by atoms with Crippen molar-refractivity contribution in [1.82, 2.24) is 9.80 Å². The summed E-state index contributed by atoms with van der Waals surface area (Å²) in [4.78, 5) is 5.02. The standard InChI is InChI=1S/C16H23ClFN3/c17-14-5-4-12(9-15(14)18)16(10-19)21-8-2-7-20-6-1-3-13(20)11-21/h4-5,9,13,16H,1-3,6-8,10-11,19H2. The fourth-order valence-electron chi connectivity index (χ4n) is 3.73. The summed E-state index contributed by atoms with van der Waals surface area (Å²) in [5.41, 5.74) is 6.94. The van der Waals surface area contributed by atoms with Crippen LogP contribution in [-0.4, -0.2) is 48.6 Å². The lowest BCUT2D eigenvalue weighted by molar-refractivity contribution is 0.176. The first-order chi connectivity index (χ1) is 10.2. The topological polar surface area (TPSA) is 32.5 Å². The molecule has 2 unspecified atom stereocenters. The van der Waals surface area contributed by atoms with Crippen molar-refractivity contribution in [3.63, 3.8) is 0 Å². The van der Waals surface area contributed by atoms with Crippen molar-refractivity contribution in [3.05, 3.63) is 34.6 Å².